The molecule has 0 aromatic carbocycles. The van der Waals surface area contributed by atoms with Gasteiger partial charge in [-0.1, -0.05) is 0 Å². The van der Waals surface area contributed by atoms with E-state index in [1.165, 1.54) is 0 Å². The Morgan fingerprint density at radius 3 is 0.684 bits per heavy atom. The smallest absolute Gasteiger partial charge is 0.398 e. The molecule has 19 heavy (non-hydrogen) atoms. The molecule has 0 unspecified atom stereocenters. The van der Waals surface area contributed by atoms with Crippen LogP contribution in [0, 0.1) is 0 Å². The molecule has 116 valence electrons. The number of hydrogen-bond donors (Lipinski definition) is 6. The summed E-state index contributed by atoms with van der Waals surface area (Å²) in [4.78, 5) is 0. The molecule has 0 radical (unpaired) electrons. The van der Waals surface area contributed by atoms with E-state index in [9.17, 15) is 34.9 Å². The third-order valence-electron chi connectivity index (χ3n) is 0.247. The Morgan fingerprint density at radius 1 is 0.632 bits per heavy atom. The Bertz CT molecular complexity index is 145. The lowest BCUT2D eigenvalue weighted by Crippen LogP contribution is -2.18. The minimum absolute atomic E-state index is 2.67. The van der Waals surface area contributed by atoms with Crippen LogP contribution in [-0.2, 0) is 0 Å². The predicted molar refractivity (Wildman–Crippen MR) is 46.0 cm³/mol. The summed E-state index contributed by atoms with van der Waals surface area (Å²) in [6.07, 6.45) is -9.53. The van der Waals surface area contributed by atoms with Gasteiger partial charge in [0.2, 0.25) is 0 Å². The third kappa shape index (κ3) is 142. The van der Waals surface area contributed by atoms with Gasteiger partial charge in [-0.2, -0.15) is 13.2 Å². The van der Waals surface area contributed by atoms with Crippen LogP contribution in [0.2, 0.25) is 0 Å². The first-order valence-corrected chi connectivity index (χ1v) is 3.50. The first-order valence-electron chi connectivity index (χ1n) is 3.50. The summed E-state index contributed by atoms with van der Waals surface area (Å²) in [5, 5.41) is 41.7. The second-order valence-electron chi connectivity index (χ2n) is 1.77. The van der Waals surface area contributed by atoms with Crippen LogP contribution in [0.3, 0.4) is 0 Å². The van der Waals surface area contributed by atoms with Gasteiger partial charge in [0.1, 0.15) is 0 Å². The number of hydrogen-bond acceptors (Lipinski definition) is 6. The molecule has 0 spiro atoms. The zero-order valence-electron chi connectivity index (χ0n) is 8.52. The fraction of sp³-hybridized carbons (Fsp3) is 1.00. The van der Waals surface area contributed by atoms with Gasteiger partial charge in [-0.25, -0.2) is 8.78 Å². The molecule has 0 bridgehead atoms. The summed E-state index contributed by atoms with van der Waals surface area (Å²) in [5.74, 6) is 0. The van der Waals surface area contributed by atoms with Crippen LogP contribution in [0.1, 0.15) is 0 Å². The number of rotatable bonds is 0. The molecule has 6 N–H and O–H groups in total. The van der Waals surface area contributed by atoms with Crippen molar-refractivity contribution in [3.63, 3.8) is 0 Å². The highest BCUT2D eigenvalue weighted by molar-refractivity contribution is 6.32. The second-order valence-corrected chi connectivity index (χ2v) is 1.77. The minimum atomic E-state index is -5.33. The Hall–Kier alpha value is -0.605. The molecule has 0 amide bonds. The second kappa shape index (κ2) is 15.5. The van der Waals surface area contributed by atoms with Gasteiger partial charge < -0.3 is 30.1 Å². The topological polar surface area (TPSA) is 121 Å². The highest BCUT2D eigenvalue weighted by Crippen LogP contribution is 2.22. The Kier molecular flexibility index (Phi) is 21.8. The molecule has 0 aromatic rings. The first-order chi connectivity index (χ1) is 8.14. The van der Waals surface area contributed by atoms with Crippen molar-refractivity contribution in [2.24, 2.45) is 0 Å². The van der Waals surface area contributed by atoms with E-state index in [-0.39, 0.29) is 0 Å². The van der Waals surface area contributed by atoms with E-state index >= 15 is 0 Å². The van der Waals surface area contributed by atoms with E-state index in [1.807, 2.05) is 0 Å². The van der Waals surface area contributed by atoms with Gasteiger partial charge in [0.15, 0.2) is 0 Å². The molecular weight excluding hydrogens is 304 g/mol. The van der Waals surface area contributed by atoms with Crippen molar-refractivity contribution in [1.82, 2.24) is 0 Å². The number of alkyl halides is 5. The zero-order valence-corrected chi connectivity index (χ0v) is 8.52. The summed E-state index contributed by atoms with van der Waals surface area (Å²) in [6.45, 7) is 0. The van der Waals surface area contributed by atoms with Crippen molar-refractivity contribution in [1.29, 1.82) is 0 Å². The molecule has 0 aliphatic heterocycles. The molecule has 0 saturated heterocycles. The maximum Gasteiger partial charge on any atom is 0.674 e. The summed E-state index contributed by atoms with van der Waals surface area (Å²) in [6, 6.07) is 0. The fourth-order valence-corrected chi connectivity index (χ4v) is 0. The van der Waals surface area contributed by atoms with Crippen molar-refractivity contribution in [2.75, 3.05) is 0 Å². The van der Waals surface area contributed by atoms with E-state index in [4.69, 9.17) is 30.1 Å². The SMILES string of the molecule is FC(F)C(F)(F)F.OB(O)F.OB(O)F.OB(O)F. The lowest BCUT2D eigenvalue weighted by Gasteiger charge is -2.00. The van der Waals surface area contributed by atoms with Crippen LogP contribution >= 0.6 is 0 Å². The van der Waals surface area contributed by atoms with E-state index < -0.39 is 34.8 Å². The van der Waals surface area contributed by atoms with Gasteiger partial charge >= 0.3 is 34.8 Å². The van der Waals surface area contributed by atoms with Crippen molar-refractivity contribution < 1.29 is 65.0 Å². The molecule has 0 saturated carbocycles. The van der Waals surface area contributed by atoms with Crippen LogP contribution in [0.25, 0.3) is 0 Å². The van der Waals surface area contributed by atoms with Gasteiger partial charge in [-0.05, 0) is 0 Å². The van der Waals surface area contributed by atoms with Gasteiger partial charge in [0.05, 0.1) is 0 Å². The van der Waals surface area contributed by atoms with Crippen molar-refractivity contribution >= 4 is 22.2 Å². The summed E-state index contributed by atoms with van der Waals surface area (Å²) < 4.78 is 82.5. The monoisotopic (exact) mass is 312 g/mol. The summed E-state index contributed by atoms with van der Waals surface area (Å²) in [5.41, 5.74) is 0. The van der Waals surface area contributed by atoms with Gasteiger partial charge in [0, 0.05) is 0 Å². The van der Waals surface area contributed by atoms with Crippen molar-refractivity contribution in [3.8, 4) is 0 Å². The van der Waals surface area contributed by atoms with E-state index in [0.29, 0.717) is 0 Å². The van der Waals surface area contributed by atoms with Gasteiger partial charge in [-0.15, -0.1) is 0 Å². The lowest BCUT2D eigenvalue weighted by molar-refractivity contribution is -0.219. The Labute approximate surface area is 101 Å². The fourth-order valence-electron chi connectivity index (χ4n) is 0. The predicted octanol–water partition coefficient (Wildman–Crippen LogP) is -1.41. The van der Waals surface area contributed by atoms with Crippen molar-refractivity contribution in [3.05, 3.63) is 0 Å². The normalized spacial score (nSPS) is 9.00. The molecule has 0 aromatic heterocycles. The van der Waals surface area contributed by atoms with E-state index in [2.05, 4.69) is 0 Å². The average molecular weight is 311 g/mol. The first kappa shape index (κ1) is 26.9. The van der Waals surface area contributed by atoms with E-state index in [0.717, 1.165) is 0 Å². The molecule has 17 heteroatoms. The quantitative estimate of drug-likeness (QED) is 0.241. The molecule has 0 heterocycles. The van der Waals surface area contributed by atoms with E-state index in [1.54, 1.807) is 0 Å². The van der Waals surface area contributed by atoms with Gasteiger partial charge in [0.25, 0.3) is 0 Å². The van der Waals surface area contributed by atoms with Crippen LogP contribution < -0.4 is 0 Å². The standard InChI is InChI=1S/C2HF5.3BFH2O2/c3-1(4)2(5,6)7;3*2-1(3)4/h1H;3*3-4H. The van der Waals surface area contributed by atoms with Crippen LogP contribution in [0.5, 0.6) is 0 Å². The number of halogens is 8. The Morgan fingerprint density at radius 2 is 0.684 bits per heavy atom. The zero-order chi connectivity index (χ0) is 16.8. The molecule has 6 nitrogen and oxygen atoms in total. The molecule has 0 aliphatic rings. The molecule has 0 fully saturated rings. The molecule has 0 rings (SSSR count). The maximum atomic E-state index is 10.4. The largest absolute Gasteiger partial charge is 0.674 e. The summed E-state index contributed by atoms with van der Waals surface area (Å²) >= 11 is 0. The third-order valence-corrected chi connectivity index (χ3v) is 0.247. The highest BCUT2D eigenvalue weighted by Gasteiger charge is 2.40. The Balaban J connectivity index is -0.0000000825. The minimum Gasteiger partial charge on any atom is -0.398 e. The average Bonchev–Trinajstić information content (AvgIpc) is 1.96. The van der Waals surface area contributed by atoms with Crippen LogP contribution in [0.15, 0.2) is 0 Å². The van der Waals surface area contributed by atoms with Crippen molar-refractivity contribution in [2.45, 2.75) is 12.6 Å². The van der Waals surface area contributed by atoms with Crippen LogP contribution in [-0.4, -0.2) is 64.9 Å². The lowest BCUT2D eigenvalue weighted by atomic mass is 10.3. The molecule has 0 aliphatic carbocycles. The molecular formula is C2H7B3F8O6. The van der Waals surface area contributed by atoms with Crippen LogP contribution in [0.4, 0.5) is 34.9 Å². The summed E-state index contributed by atoms with van der Waals surface area (Å²) in [7, 11) is -8.00. The molecule has 0 atom stereocenters. The van der Waals surface area contributed by atoms with Gasteiger partial charge in [-0.3, -0.25) is 12.9 Å². The highest BCUT2D eigenvalue weighted by atomic mass is 19.4. The maximum absolute atomic E-state index is 10.4.